The van der Waals surface area contributed by atoms with Crippen LogP contribution in [0.15, 0.2) is 41.0 Å². The van der Waals surface area contributed by atoms with Crippen molar-refractivity contribution in [3.8, 4) is 0 Å². The minimum atomic E-state index is -1.01. The number of anilines is 1. The first-order valence-electron chi connectivity index (χ1n) is 5.43. The first-order chi connectivity index (χ1) is 9.06. The van der Waals surface area contributed by atoms with Crippen molar-refractivity contribution in [2.24, 2.45) is 0 Å². The Hall–Kier alpha value is -1.95. The number of carbonyl (C=O) groups is 1. The smallest absolute Gasteiger partial charge is 0.337 e. The van der Waals surface area contributed by atoms with E-state index in [0.29, 0.717) is 17.9 Å². The van der Waals surface area contributed by atoms with Gasteiger partial charge in [0.2, 0.25) is 0 Å². The van der Waals surface area contributed by atoms with E-state index in [9.17, 15) is 9.18 Å². The Morgan fingerprint density at radius 3 is 2.79 bits per heavy atom. The summed E-state index contributed by atoms with van der Waals surface area (Å²) in [6.45, 7) is 0.377. The maximum absolute atomic E-state index is 13.1. The predicted octanol–water partition coefficient (Wildman–Crippen LogP) is 3.29. The second-order valence-electron chi connectivity index (χ2n) is 3.82. The minimum Gasteiger partial charge on any atom is -0.478 e. The summed E-state index contributed by atoms with van der Waals surface area (Å²) in [5, 5.41) is 11.8. The van der Waals surface area contributed by atoms with E-state index in [2.05, 4.69) is 26.2 Å². The van der Waals surface area contributed by atoms with Gasteiger partial charge in [0.25, 0.3) is 0 Å². The van der Waals surface area contributed by atoms with Crippen LogP contribution in [0.3, 0.4) is 0 Å². The molecule has 2 N–H and O–H groups in total. The topological polar surface area (TPSA) is 62.2 Å². The van der Waals surface area contributed by atoms with Gasteiger partial charge in [-0.1, -0.05) is 0 Å². The number of halogens is 2. The van der Waals surface area contributed by atoms with Crippen molar-refractivity contribution in [3.63, 3.8) is 0 Å². The van der Waals surface area contributed by atoms with E-state index in [1.54, 1.807) is 12.1 Å². The van der Waals surface area contributed by atoms with Crippen LogP contribution in [0.5, 0.6) is 0 Å². The van der Waals surface area contributed by atoms with Gasteiger partial charge in [0.15, 0.2) is 0 Å². The van der Waals surface area contributed by atoms with E-state index in [1.807, 2.05) is 0 Å². The van der Waals surface area contributed by atoms with Crippen LogP contribution in [0.4, 0.5) is 10.1 Å². The van der Waals surface area contributed by atoms with Gasteiger partial charge in [-0.2, -0.15) is 0 Å². The molecule has 1 aromatic heterocycles. The van der Waals surface area contributed by atoms with Crippen molar-refractivity contribution in [3.05, 3.63) is 58.1 Å². The fraction of sp³-hybridized carbons (Fsp3) is 0.0769. The molecule has 2 rings (SSSR count). The van der Waals surface area contributed by atoms with E-state index in [-0.39, 0.29) is 11.4 Å². The molecule has 0 saturated carbocycles. The molecule has 19 heavy (non-hydrogen) atoms. The van der Waals surface area contributed by atoms with E-state index in [0.717, 1.165) is 4.47 Å². The number of aromatic nitrogens is 1. The Morgan fingerprint density at radius 1 is 1.37 bits per heavy atom. The molecular weight excluding hydrogens is 315 g/mol. The molecule has 0 bridgehead atoms. The largest absolute Gasteiger partial charge is 0.478 e. The number of carboxylic acid groups (broad SMARTS) is 1. The lowest BCUT2D eigenvalue weighted by atomic mass is 10.2. The molecule has 0 aliphatic carbocycles. The van der Waals surface area contributed by atoms with E-state index in [4.69, 9.17) is 5.11 Å². The van der Waals surface area contributed by atoms with Crippen molar-refractivity contribution >= 4 is 27.6 Å². The molecule has 6 heteroatoms. The maximum atomic E-state index is 13.1. The van der Waals surface area contributed by atoms with Crippen LogP contribution in [0.2, 0.25) is 0 Å². The average molecular weight is 325 g/mol. The summed E-state index contributed by atoms with van der Waals surface area (Å²) in [7, 11) is 0. The Labute approximate surface area is 117 Å². The zero-order chi connectivity index (χ0) is 13.8. The van der Waals surface area contributed by atoms with Crippen molar-refractivity contribution < 1.29 is 14.3 Å². The molecule has 0 radical (unpaired) electrons. The number of pyridine rings is 1. The molecule has 0 atom stereocenters. The number of nitrogens with zero attached hydrogens (tertiary/aromatic N) is 1. The van der Waals surface area contributed by atoms with Crippen molar-refractivity contribution in [1.29, 1.82) is 0 Å². The lowest BCUT2D eigenvalue weighted by Gasteiger charge is -2.08. The summed E-state index contributed by atoms with van der Waals surface area (Å²) in [5.74, 6) is -1.35. The Morgan fingerprint density at radius 2 is 2.16 bits per heavy atom. The number of carboxylic acids is 1. The highest BCUT2D eigenvalue weighted by molar-refractivity contribution is 9.10. The second kappa shape index (κ2) is 5.79. The number of hydrogen-bond donors (Lipinski definition) is 2. The first-order valence-corrected chi connectivity index (χ1v) is 6.22. The Bertz CT molecular complexity index is 602. The quantitative estimate of drug-likeness (QED) is 0.905. The third-order valence-electron chi connectivity index (χ3n) is 2.46. The molecule has 0 unspecified atom stereocenters. The lowest BCUT2D eigenvalue weighted by molar-refractivity contribution is 0.0696. The van der Waals surface area contributed by atoms with Gasteiger partial charge in [-0.05, 0) is 46.3 Å². The minimum absolute atomic E-state index is 0.135. The molecule has 0 amide bonds. The summed E-state index contributed by atoms with van der Waals surface area (Å²) in [5.41, 5.74) is 1.42. The SMILES string of the molecule is O=C(O)c1ccc(CNc2cc(F)ccc2Br)nc1. The molecule has 0 saturated heterocycles. The number of nitrogens with one attached hydrogen (secondary N) is 1. The number of hydrogen-bond acceptors (Lipinski definition) is 3. The van der Waals surface area contributed by atoms with Gasteiger partial charge >= 0.3 is 5.97 Å². The first kappa shape index (κ1) is 13.5. The number of rotatable bonds is 4. The van der Waals surface area contributed by atoms with Gasteiger partial charge in [0.05, 0.1) is 23.5 Å². The summed E-state index contributed by atoms with van der Waals surface area (Å²) < 4.78 is 13.8. The van der Waals surface area contributed by atoms with Crippen molar-refractivity contribution in [2.45, 2.75) is 6.54 Å². The van der Waals surface area contributed by atoms with Crippen LogP contribution in [0, 0.1) is 5.82 Å². The molecule has 2 aromatic rings. The van der Waals surface area contributed by atoms with Gasteiger partial charge in [-0.3, -0.25) is 4.98 Å². The van der Waals surface area contributed by atoms with Crippen LogP contribution in [0.25, 0.3) is 0 Å². The van der Waals surface area contributed by atoms with E-state index < -0.39 is 5.97 Å². The van der Waals surface area contributed by atoms with Gasteiger partial charge in [-0.25, -0.2) is 9.18 Å². The summed E-state index contributed by atoms with van der Waals surface area (Å²) >= 11 is 3.31. The molecule has 4 nitrogen and oxygen atoms in total. The third-order valence-corrected chi connectivity index (χ3v) is 3.15. The number of aromatic carboxylic acids is 1. The molecule has 0 aliphatic rings. The van der Waals surface area contributed by atoms with Gasteiger partial charge < -0.3 is 10.4 Å². The van der Waals surface area contributed by atoms with Crippen molar-refractivity contribution in [2.75, 3.05) is 5.32 Å². The lowest BCUT2D eigenvalue weighted by Crippen LogP contribution is -2.04. The molecule has 1 heterocycles. The third kappa shape index (κ3) is 3.51. The Balaban J connectivity index is 2.06. The summed E-state index contributed by atoms with van der Waals surface area (Å²) in [6, 6.07) is 7.43. The highest BCUT2D eigenvalue weighted by Gasteiger charge is 2.04. The zero-order valence-corrected chi connectivity index (χ0v) is 11.3. The normalized spacial score (nSPS) is 10.2. The van der Waals surface area contributed by atoms with Crippen LogP contribution < -0.4 is 5.32 Å². The van der Waals surface area contributed by atoms with E-state index in [1.165, 1.54) is 24.4 Å². The maximum Gasteiger partial charge on any atom is 0.337 e. The van der Waals surface area contributed by atoms with Crippen LogP contribution in [-0.4, -0.2) is 16.1 Å². The zero-order valence-electron chi connectivity index (χ0n) is 9.73. The molecule has 0 aliphatic heterocycles. The average Bonchev–Trinajstić information content (AvgIpc) is 2.40. The van der Waals surface area contributed by atoms with Crippen LogP contribution >= 0.6 is 15.9 Å². The summed E-state index contributed by atoms with van der Waals surface area (Å²) in [6.07, 6.45) is 1.29. The highest BCUT2D eigenvalue weighted by atomic mass is 79.9. The second-order valence-corrected chi connectivity index (χ2v) is 4.68. The summed E-state index contributed by atoms with van der Waals surface area (Å²) in [4.78, 5) is 14.7. The standard InChI is InChI=1S/C13H10BrFN2O2/c14-11-4-2-9(15)5-12(11)17-7-10-3-1-8(6-16-10)13(18)19/h1-6,17H,7H2,(H,18,19). The van der Waals surface area contributed by atoms with Gasteiger partial charge in [0, 0.05) is 10.7 Å². The molecule has 1 aromatic carbocycles. The predicted molar refractivity (Wildman–Crippen MR) is 72.6 cm³/mol. The van der Waals surface area contributed by atoms with Crippen molar-refractivity contribution in [1.82, 2.24) is 4.98 Å². The fourth-order valence-corrected chi connectivity index (χ4v) is 1.86. The molecule has 0 spiro atoms. The highest BCUT2D eigenvalue weighted by Crippen LogP contribution is 2.23. The van der Waals surface area contributed by atoms with Crippen LogP contribution in [0.1, 0.15) is 16.1 Å². The molecule has 0 fully saturated rings. The number of benzene rings is 1. The fourth-order valence-electron chi connectivity index (χ4n) is 1.47. The Kier molecular flexibility index (Phi) is 4.11. The van der Waals surface area contributed by atoms with Gasteiger partial charge in [0.1, 0.15) is 5.82 Å². The van der Waals surface area contributed by atoms with Gasteiger partial charge in [-0.15, -0.1) is 0 Å². The van der Waals surface area contributed by atoms with E-state index >= 15 is 0 Å². The van der Waals surface area contributed by atoms with Crippen LogP contribution in [-0.2, 0) is 6.54 Å². The molecular formula is C13H10BrFN2O2. The molecule has 98 valence electrons. The monoisotopic (exact) mass is 324 g/mol.